The standard InChI is InChI=1S/C7H16N2/c1-2-6-3-4-7(5-6)9-8/h6-7,9H,2-5,8H2,1H3. The molecule has 0 bridgehead atoms. The summed E-state index contributed by atoms with van der Waals surface area (Å²) < 4.78 is 0. The smallest absolute Gasteiger partial charge is 0.0213 e. The molecule has 3 N–H and O–H groups in total. The molecule has 0 spiro atoms. The normalized spacial score (nSPS) is 35.3. The minimum atomic E-state index is 0.606. The van der Waals surface area contributed by atoms with E-state index in [0.717, 1.165) is 5.92 Å². The molecule has 2 heteroatoms. The minimum Gasteiger partial charge on any atom is -0.271 e. The van der Waals surface area contributed by atoms with Crippen molar-refractivity contribution in [3.63, 3.8) is 0 Å². The molecule has 2 nitrogen and oxygen atoms in total. The number of hydrogen-bond donors (Lipinski definition) is 2. The maximum atomic E-state index is 5.30. The third-order valence-corrected chi connectivity index (χ3v) is 2.35. The fourth-order valence-electron chi connectivity index (χ4n) is 1.60. The topological polar surface area (TPSA) is 38.0 Å². The molecule has 54 valence electrons. The first-order valence-corrected chi connectivity index (χ1v) is 3.83. The highest BCUT2D eigenvalue weighted by molar-refractivity contribution is 4.77. The lowest BCUT2D eigenvalue weighted by molar-refractivity contribution is 0.485. The number of nitrogens with one attached hydrogen (secondary N) is 1. The predicted octanol–water partition coefficient (Wildman–Crippen LogP) is 1.03. The van der Waals surface area contributed by atoms with Gasteiger partial charge in [-0.2, -0.15) is 0 Å². The first-order chi connectivity index (χ1) is 4.36. The summed E-state index contributed by atoms with van der Waals surface area (Å²) in [5, 5.41) is 0. The van der Waals surface area contributed by atoms with Gasteiger partial charge < -0.3 is 0 Å². The quantitative estimate of drug-likeness (QED) is 0.430. The van der Waals surface area contributed by atoms with Gasteiger partial charge in [-0.25, -0.2) is 0 Å². The largest absolute Gasteiger partial charge is 0.271 e. The highest BCUT2D eigenvalue weighted by Gasteiger charge is 2.21. The van der Waals surface area contributed by atoms with Crippen LogP contribution in [0, 0.1) is 5.92 Å². The van der Waals surface area contributed by atoms with Gasteiger partial charge in [0.25, 0.3) is 0 Å². The average molecular weight is 128 g/mol. The summed E-state index contributed by atoms with van der Waals surface area (Å²) in [6.45, 7) is 2.25. The summed E-state index contributed by atoms with van der Waals surface area (Å²) in [6.07, 6.45) is 5.24. The molecule has 0 aliphatic heterocycles. The Kier molecular flexibility index (Phi) is 2.49. The lowest BCUT2D eigenvalue weighted by Crippen LogP contribution is -2.32. The van der Waals surface area contributed by atoms with Gasteiger partial charge in [-0.1, -0.05) is 13.3 Å². The number of nitrogens with two attached hydrogens (primary N) is 1. The molecule has 9 heavy (non-hydrogen) atoms. The molecule has 1 aliphatic carbocycles. The van der Waals surface area contributed by atoms with E-state index in [1.807, 2.05) is 0 Å². The fourth-order valence-corrected chi connectivity index (χ4v) is 1.60. The fraction of sp³-hybridized carbons (Fsp3) is 1.00. The van der Waals surface area contributed by atoms with E-state index in [0.29, 0.717) is 6.04 Å². The van der Waals surface area contributed by atoms with E-state index in [2.05, 4.69) is 12.3 Å². The number of hydrazine groups is 1. The van der Waals surface area contributed by atoms with E-state index in [9.17, 15) is 0 Å². The van der Waals surface area contributed by atoms with E-state index in [-0.39, 0.29) is 0 Å². The van der Waals surface area contributed by atoms with Crippen LogP contribution in [0.1, 0.15) is 32.6 Å². The van der Waals surface area contributed by atoms with Crippen LogP contribution >= 0.6 is 0 Å². The van der Waals surface area contributed by atoms with Gasteiger partial charge >= 0.3 is 0 Å². The van der Waals surface area contributed by atoms with Crippen molar-refractivity contribution >= 4 is 0 Å². The van der Waals surface area contributed by atoms with Gasteiger partial charge in [0.05, 0.1) is 0 Å². The molecule has 0 saturated heterocycles. The Labute approximate surface area is 56.8 Å². The van der Waals surface area contributed by atoms with Crippen molar-refractivity contribution in [3.05, 3.63) is 0 Å². The molecule has 0 aromatic rings. The molecular formula is C7H16N2. The van der Waals surface area contributed by atoms with E-state index >= 15 is 0 Å². The van der Waals surface area contributed by atoms with E-state index in [4.69, 9.17) is 5.84 Å². The second-order valence-electron chi connectivity index (χ2n) is 2.95. The molecule has 2 atom stereocenters. The van der Waals surface area contributed by atoms with Gasteiger partial charge in [-0.05, 0) is 25.2 Å². The van der Waals surface area contributed by atoms with Crippen molar-refractivity contribution in [1.82, 2.24) is 5.43 Å². The molecule has 0 aromatic carbocycles. The molecule has 0 amide bonds. The Morgan fingerprint density at radius 3 is 2.67 bits per heavy atom. The van der Waals surface area contributed by atoms with Gasteiger partial charge in [0, 0.05) is 6.04 Å². The molecular weight excluding hydrogens is 112 g/mol. The second-order valence-corrected chi connectivity index (χ2v) is 2.95. The summed E-state index contributed by atoms with van der Waals surface area (Å²) in [4.78, 5) is 0. The average Bonchev–Trinajstić information content (AvgIpc) is 2.34. The van der Waals surface area contributed by atoms with Gasteiger partial charge in [-0.3, -0.25) is 11.3 Å². The summed E-state index contributed by atoms with van der Waals surface area (Å²) in [6, 6.07) is 0.606. The zero-order valence-corrected chi connectivity index (χ0v) is 6.06. The van der Waals surface area contributed by atoms with Gasteiger partial charge in [-0.15, -0.1) is 0 Å². The summed E-state index contributed by atoms with van der Waals surface area (Å²) >= 11 is 0. The van der Waals surface area contributed by atoms with Crippen LogP contribution in [0.25, 0.3) is 0 Å². The summed E-state index contributed by atoms with van der Waals surface area (Å²) in [5.41, 5.74) is 2.83. The monoisotopic (exact) mass is 128 g/mol. The van der Waals surface area contributed by atoms with E-state index in [1.165, 1.54) is 25.7 Å². The highest BCUT2D eigenvalue weighted by Crippen LogP contribution is 2.26. The van der Waals surface area contributed by atoms with Gasteiger partial charge in [0.2, 0.25) is 0 Å². The first kappa shape index (κ1) is 7.03. The van der Waals surface area contributed by atoms with Crippen LogP contribution in [-0.4, -0.2) is 6.04 Å². The van der Waals surface area contributed by atoms with Crippen LogP contribution in [0.5, 0.6) is 0 Å². The lowest BCUT2D eigenvalue weighted by atomic mass is 10.1. The third-order valence-electron chi connectivity index (χ3n) is 2.35. The highest BCUT2D eigenvalue weighted by atomic mass is 15.2. The van der Waals surface area contributed by atoms with Crippen LogP contribution in [0.15, 0.2) is 0 Å². The third kappa shape index (κ3) is 1.66. The second kappa shape index (κ2) is 3.18. The Bertz CT molecular complexity index is 73.0. The molecule has 0 radical (unpaired) electrons. The van der Waals surface area contributed by atoms with Crippen LogP contribution in [0.4, 0.5) is 0 Å². The van der Waals surface area contributed by atoms with Crippen molar-refractivity contribution in [1.29, 1.82) is 0 Å². The van der Waals surface area contributed by atoms with Crippen molar-refractivity contribution in [3.8, 4) is 0 Å². The molecule has 1 aliphatic rings. The molecule has 2 unspecified atom stereocenters. The Morgan fingerprint density at radius 1 is 1.56 bits per heavy atom. The Hall–Kier alpha value is -0.0800. The van der Waals surface area contributed by atoms with Crippen LogP contribution in [-0.2, 0) is 0 Å². The minimum absolute atomic E-state index is 0.606. The molecule has 1 fully saturated rings. The zero-order valence-electron chi connectivity index (χ0n) is 6.06. The number of hydrogen-bond acceptors (Lipinski definition) is 2. The van der Waals surface area contributed by atoms with Gasteiger partial charge in [0.1, 0.15) is 0 Å². The zero-order chi connectivity index (χ0) is 6.69. The summed E-state index contributed by atoms with van der Waals surface area (Å²) in [5.74, 6) is 6.24. The van der Waals surface area contributed by atoms with Crippen LogP contribution in [0.3, 0.4) is 0 Å². The SMILES string of the molecule is CCC1CCC(NN)C1. The molecule has 1 saturated carbocycles. The Balaban J connectivity index is 2.20. The molecule has 0 aromatic heterocycles. The summed E-state index contributed by atoms with van der Waals surface area (Å²) in [7, 11) is 0. The Morgan fingerprint density at radius 2 is 2.33 bits per heavy atom. The van der Waals surface area contributed by atoms with E-state index < -0.39 is 0 Å². The van der Waals surface area contributed by atoms with Crippen molar-refractivity contribution in [2.45, 2.75) is 38.6 Å². The molecule has 0 heterocycles. The lowest BCUT2D eigenvalue weighted by Gasteiger charge is -2.06. The maximum Gasteiger partial charge on any atom is 0.0213 e. The van der Waals surface area contributed by atoms with Gasteiger partial charge in [0.15, 0.2) is 0 Å². The van der Waals surface area contributed by atoms with E-state index in [1.54, 1.807) is 0 Å². The maximum absolute atomic E-state index is 5.30. The van der Waals surface area contributed by atoms with Crippen LogP contribution in [0.2, 0.25) is 0 Å². The predicted molar refractivity (Wildman–Crippen MR) is 38.7 cm³/mol. The molecule has 1 rings (SSSR count). The first-order valence-electron chi connectivity index (χ1n) is 3.83. The van der Waals surface area contributed by atoms with Crippen molar-refractivity contribution in [2.75, 3.05) is 0 Å². The number of rotatable bonds is 2. The van der Waals surface area contributed by atoms with Crippen LogP contribution < -0.4 is 11.3 Å². The van der Waals surface area contributed by atoms with Crippen molar-refractivity contribution in [2.24, 2.45) is 11.8 Å². The van der Waals surface area contributed by atoms with Crippen molar-refractivity contribution < 1.29 is 0 Å².